The first-order valence-corrected chi connectivity index (χ1v) is 21.4. The van der Waals surface area contributed by atoms with Crippen molar-refractivity contribution >= 4 is 34.9 Å². The Balaban J connectivity index is 0.000000162. The molecule has 4 aromatic heterocycles. The molecule has 0 amide bonds. The highest BCUT2D eigenvalue weighted by molar-refractivity contribution is 5.76. The predicted octanol–water partition coefficient (Wildman–Crippen LogP) is 9.50. The highest BCUT2D eigenvalue weighted by atomic mass is 16.3. The summed E-state index contributed by atoms with van der Waals surface area (Å²) in [6.45, 7) is 0. The quantitative estimate of drug-likeness (QED) is 0.138. The van der Waals surface area contributed by atoms with Crippen LogP contribution in [0.25, 0.3) is 35.0 Å². The first kappa shape index (κ1) is 41.7. The predicted molar refractivity (Wildman–Crippen MR) is 258 cm³/mol. The number of hydrogen-bond donors (Lipinski definition) is 2. The molecule has 0 unspecified atom stereocenters. The fourth-order valence-corrected chi connectivity index (χ4v) is 8.93. The van der Waals surface area contributed by atoms with E-state index >= 15 is 0 Å². The third-order valence-corrected chi connectivity index (χ3v) is 12.7. The lowest BCUT2D eigenvalue weighted by Crippen LogP contribution is -2.30. The summed E-state index contributed by atoms with van der Waals surface area (Å²) in [5, 5.41) is 15.6. The molecule has 0 bridgehead atoms. The molecule has 10 rings (SSSR count). The van der Waals surface area contributed by atoms with Gasteiger partial charge in [0.05, 0.1) is 6.20 Å². The van der Waals surface area contributed by atoms with Crippen molar-refractivity contribution in [1.29, 1.82) is 0 Å². The van der Waals surface area contributed by atoms with Gasteiger partial charge in [-0.1, -0.05) is 72.8 Å². The number of H-pyrrole nitrogens is 2. The minimum Gasteiger partial charge on any atom is -0.451 e. The van der Waals surface area contributed by atoms with Crippen LogP contribution in [0.4, 0.5) is 22.7 Å². The average molecular weight is 851 g/mol. The van der Waals surface area contributed by atoms with Crippen molar-refractivity contribution in [2.24, 2.45) is 0 Å². The van der Waals surface area contributed by atoms with Crippen LogP contribution in [0.3, 0.4) is 0 Å². The average Bonchev–Trinajstić information content (AvgIpc) is 4.17. The van der Waals surface area contributed by atoms with E-state index < -0.39 is 0 Å². The van der Waals surface area contributed by atoms with Gasteiger partial charge in [-0.3, -0.25) is 10.2 Å². The van der Waals surface area contributed by atoms with Crippen LogP contribution < -0.4 is 19.6 Å². The summed E-state index contributed by atoms with van der Waals surface area (Å²) in [7, 11) is 16.5. The normalized spacial score (nSPS) is 14.2. The standard InChI is InChI=1S/2C26H27N5O/c1-30(2)20-9-5-18(6-10-20)26(19-7-11-21(12-8-19)31(3)4)14-13-22-23(15-26)28-29-25(22)24-16-32-17-27-24;1-30(2)20-9-5-18(6-10-20)26(19-7-11-21(12-8-19)31(3)4)14-13-22-23(15-26)28-29-25(22)24-16-27-17-32-24/h2*5-14,16-17H,15H2,1-4H3,(H,28,29). The maximum absolute atomic E-state index is 5.50. The van der Waals surface area contributed by atoms with Gasteiger partial charge < -0.3 is 28.4 Å². The molecular formula is C52H54N10O2. The monoisotopic (exact) mass is 850 g/mol. The molecule has 324 valence electrons. The van der Waals surface area contributed by atoms with Crippen LogP contribution in [-0.4, -0.2) is 86.7 Å². The molecule has 0 fully saturated rings. The van der Waals surface area contributed by atoms with Crippen LogP contribution in [-0.2, 0) is 23.7 Å². The second kappa shape index (κ2) is 16.9. The molecule has 0 atom stereocenters. The van der Waals surface area contributed by atoms with Crippen molar-refractivity contribution in [3.05, 3.63) is 179 Å². The van der Waals surface area contributed by atoms with Crippen LogP contribution in [0.15, 0.2) is 143 Å². The first-order valence-electron chi connectivity index (χ1n) is 21.4. The van der Waals surface area contributed by atoms with Gasteiger partial charge in [-0.05, 0) is 70.8 Å². The summed E-state index contributed by atoms with van der Waals surface area (Å²) in [5.74, 6) is 0.672. The summed E-state index contributed by atoms with van der Waals surface area (Å²) in [5.41, 5.74) is 15.8. The van der Waals surface area contributed by atoms with Gasteiger partial charge in [0.1, 0.15) is 23.3 Å². The molecule has 2 aliphatic carbocycles. The van der Waals surface area contributed by atoms with Crippen LogP contribution >= 0.6 is 0 Å². The molecule has 4 aromatic carbocycles. The highest BCUT2D eigenvalue weighted by Gasteiger charge is 2.38. The van der Waals surface area contributed by atoms with Gasteiger partial charge in [-0.2, -0.15) is 10.2 Å². The van der Waals surface area contributed by atoms with Crippen LogP contribution in [0, 0.1) is 0 Å². The lowest BCUT2D eigenvalue weighted by atomic mass is 9.68. The number of rotatable bonds is 10. The molecule has 12 nitrogen and oxygen atoms in total. The number of allylic oxidation sites excluding steroid dienone is 2. The molecule has 64 heavy (non-hydrogen) atoms. The number of nitrogens with one attached hydrogen (secondary N) is 2. The van der Waals surface area contributed by atoms with Crippen molar-refractivity contribution in [2.75, 3.05) is 76.0 Å². The van der Waals surface area contributed by atoms with E-state index in [4.69, 9.17) is 8.83 Å². The Bertz CT molecular complexity index is 2560. The smallest absolute Gasteiger partial charge is 0.181 e. The number of hydrogen-bond acceptors (Lipinski definition) is 10. The zero-order valence-electron chi connectivity index (χ0n) is 37.7. The first-order chi connectivity index (χ1) is 31.0. The number of nitrogens with zero attached hydrogens (tertiary/aromatic N) is 8. The van der Waals surface area contributed by atoms with Gasteiger partial charge in [0.15, 0.2) is 18.5 Å². The molecule has 0 saturated heterocycles. The van der Waals surface area contributed by atoms with E-state index in [9.17, 15) is 0 Å². The third kappa shape index (κ3) is 7.65. The van der Waals surface area contributed by atoms with E-state index in [-0.39, 0.29) is 10.8 Å². The Labute approximate surface area is 374 Å². The van der Waals surface area contributed by atoms with Gasteiger partial charge in [-0.25, -0.2) is 9.97 Å². The largest absolute Gasteiger partial charge is 0.451 e. The van der Waals surface area contributed by atoms with E-state index in [2.05, 4.69) is 228 Å². The lowest BCUT2D eigenvalue weighted by Gasteiger charge is -2.35. The minimum absolute atomic E-state index is 0.295. The van der Waals surface area contributed by atoms with E-state index in [0.717, 1.165) is 52.4 Å². The zero-order valence-corrected chi connectivity index (χ0v) is 37.7. The van der Waals surface area contributed by atoms with E-state index in [1.807, 2.05) is 0 Å². The summed E-state index contributed by atoms with van der Waals surface area (Å²) in [4.78, 5) is 16.8. The SMILES string of the molecule is CN(C)c1ccc(C2(c3ccc(N(C)C)cc3)C=Cc3c(-c4cnco4)n[nH]c3C2)cc1.CN(C)c1ccc(C2(c3ccc(N(C)C)cc3)C=Cc3c(-c4cocn4)n[nH]c3C2)cc1. The Morgan fingerprint density at radius 1 is 0.500 bits per heavy atom. The van der Waals surface area contributed by atoms with Crippen molar-refractivity contribution in [2.45, 2.75) is 23.7 Å². The van der Waals surface area contributed by atoms with Crippen LogP contribution in [0.1, 0.15) is 44.8 Å². The molecule has 2 N–H and O–H groups in total. The molecule has 4 heterocycles. The summed E-state index contributed by atoms with van der Waals surface area (Å²) in [6, 6.07) is 35.3. The summed E-state index contributed by atoms with van der Waals surface area (Å²) < 4.78 is 10.7. The molecular weight excluding hydrogens is 797 g/mol. The number of oxazole rings is 2. The summed E-state index contributed by atoms with van der Waals surface area (Å²) in [6.07, 6.45) is 16.7. The van der Waals surface area contributed by atoms with Crippen molar-refractivity contribution < 1.29 is 8.83 Å². The van der Waals surface area contributed by atoms with Gasteiger partial charge in [0.2, 0.25) is 0 Å². The number of aromatic nitrogens is 6. The molecule has 0 saturated carbocycles. The lowest BCUT2D eigenvalue weighted by molar-refractivity contribution is 0.558. The topological polar surface area (TPSA) is 122 Å². The fourth-order valence-electron chi connectivity index (χ4n) is 8.93. The van der Waals surface area contributed by atoms with Gasteiger partial charge in [0, 0.05) is 125 Å². The van der Waals surface area contributed by atoms with Crippen molar-refractivity contribution in [3.63, 3.8) is 0 Å². The molecule has 2 aliphatic rings. The number of fused-ring (bicyclic) bond motifs is 2. The Hall–Kier alpha value is -7.60. The molecule has 0 spiro atoms. The maximum atomic E-state index is 5.50. The molecule has 8 aromatic rings. The van der Waals surface area contributed by atoms with Gasteiger partial charge >= 0.3 is 0 Å². The Kier molecular flexibility index (Phi) is 11.0. The summed E-state index contributed by atoms with van der Waals surface area (Å²) >= 11 is 0. The second-order valence-electron chi connectivity index (χ2n) is 17.4. The minimum atomic E-state index is -0.298. The Morgan fingerprint density at radius 3 is 1.23 bits per heavy atom. The van der Waals surface area contributed by atoms with E-state index in [0.29, 0.717) is 5.76 Å². The van der Waals surface area contributed by atoms with E-state index in [1.165, 1.54) is 57.8 Å². The zero-order chi connectivity index (χ0) is 44.6. The molecule has 0 radical (unpaired) electrons. The van der Waals surface area contributed by atoms with Crippen molar-refractivity contribution in [3.8, 4) is 22.8 Å². The number of benzene rings is 4. The molecule has 0 aliphatic heterocycles. The van der Waals surface area contributed by atoms with E-state index in [1.54, 1.807) is 12.5 Å². The number of anilines is 4. The van der Waals surface area contributed by atoms with Crippen LogP contribution in [0.2, 0.25) is 0 Å². The Morgan fingerprint density at radius 2 is 0.891 bits per heavy atom. The fraction of sp³-hybridized carbons (Fsp3) is 0.231. The maximum Gasteiger partial charge on any atom is 0.181 e. The highest BCUT2D eigenvalue weighted by Crippen LogP contribution is 2.45. The molecule has 12 heteroatoms. The van der Waals surface area contributed by atoms with Crippen molar-refractivity contribution in [1.82, 2.24) is 30.4 Å². The second-order valence-corrected chi connectivity index (χ2v) is 17.4. The van der Waals surface area contributed by atoms with Crippen LogP contribution in [0.5, 0.6) is 0 Å². The van der Waals surface area contributed by atoms with Gasteiger partial charge in [0.25, 0.3) is 0 Å². The number of aromatic amines is 2. The third-order valence-electron chi connectivity index (χ3n) is 12.7. The van der Waals surface area contributed by atoms with Gasteiger partial charge in [-0.15, -0.1) is 0 Å².